The lowest BCUT2D eigenvalue weighted by atomic mass is 9.77. The molecule has 1 aliphatic carbocycles. The first-order valence-corrected chi connectivity index (χ1v) is 10.0. The number of halogens is 4. The molecule has 2 aromatic carbocycles. The van der Waals surface area contributed by atoms with Gasteiger partial charge in [0.1, 0.15) is 11.6 Å². The van der Waals surface area contributed by atoms with E-state index in [2.05, 4.69) is 15.9 Å². The smallest absolute Gasteiger partial charge is 0.232 e. The predicted molar refractivity (Wildman–Crippen MR) is 106 cm³/mol. The van der Waals surface area contributed by atoms with Gasteiger partial charge in [0.2, 0.25) is 5.91 Å². The SMILES string of the molecule is O=C1CCCC2=C1C(c1cc(Br)ccc1F)CC(=O)N2c1ccc(F)c(Cl)c1. The van der Waals surface area contributed by atoms with Gasteiger partial charge in [0, 0.05) is 34.5 Å². The summed E-state index contributed by atoms with van der Waals surface area (Å²) in [7, 11) is 0. The molecule has 0 N–H and O–H groups in total. The number of hydrogen-bond donors (Lipinski definition) is 0. The Morgan fingerprint density at radius 1 is 1.04 bits per heavy atom. The van der Waals surface area contributed by atoms with Gasteiger partial charge in [0.15, 0.2) is 5.78 Å². The molecule has 144 valence electrons. The van der Waals surface area contributed by atoms with Crippen molar-refractivity contribution in [3.63, 3.8) is 0 Å². The lowest BCUT2D eigenvalue weighted by molar-refractivity contribution is -0.119. The van der Waals surface area contributed by atoms with Crippen molar-refractivity contribution in [3.8, 4) is 0 Å². The van der Waals surface area contributed by atoms with Crippen LogP contribution in [-0.4, -0.2) is 11.7 Å². The number of ketones is 1. The summed E-state index contributed by atoms with van der Waals surface area (Å²) in [6.07, 6.45) is 1.42. The van der Waals surface area contributed by atoms with Crippen molar-refractivity contribution in [1.29, 1.82) is 0 Å². The van der Waals surface area contributed by atoms with Crippen LogP contribution in [0.5, 0.6) is 0 Å². The minimum Gasteiger partial charge on any atom is -0.294 e. The zero-order chi connectivity index (χ0) is 20.0. The van der Waals surface area contributed by atoms with E-state index in [1.807, 2.05) is 0 Å². The standard InChI is InChI=1S/C21H15BrClF2NO2/c22-11-4-6-16(24)13(8-11)14-10-20(28)26(12-5-7-17(25)15(23)9-12)18-2-1-3-19(27)21(14)18/h4-9,14H,1-3,10H2. The van der Waals surface area contributed by atoms with Crippen LogP contribution in [0.25, 0.3) is 0 Å². The Kier molecular flexibility index (Phi) is 5.10. The van der Waals surface area contributed by atoms with Gasteiger partial charge in [0.05, 0.1) is 10.7 Å². The molecule has 1 heterocycles. The summed E-state index contributed by atoms with van der Waals surface area (Å²) in [5.41, 5.74) is 1.75. The largest absolute Gasteiger partial charge is 0.294 e. The minimum atomic E-state index is -0.639. The van der Waals surface area contributed by atoms with Crippen molar-refractivity contribution in [2.24, 2.45) is 0 Å². The summed E-state index contributed by atoms with van der Waals surface area (Å²) in [6, 6.07) is 8.54. The first-order valence-electron chi connectivity index (χ1n) is 8.86. The summed E-state index contributed by atoms with van der Waals surface area (Å²) in [4.78, 5) is 27.3. The van der Waals surface area contributed by atoms with Crippen molar-refractivity contribution >= 4 is 44.9 Å². The maximum Gasteiger partial charge on any atom is 0.232 e. The van der Waals surface area contributed by atoms with E-state index >= 15 is 0 Å². The number of nitrogens with zero attached hydrogens (tertiary/aromatic N) is 1. The molecule has 1 aliphatic heterocycles. The summed E-state index contributed by atoms with van der Waals surface area (Å²) in [5, 5.41) is -0.102. The lowest BCUT2D eigenvalue weighted by Crippen LogP contribution is -2.40. The van der Waals surface area contributed by atoms with Crippen LogP contribution in [0, 0.1) is 11.6 Å². The first-order chi connectivity index (χ1) is 13.4. The third-order valence-corrected chi connectivity index (χ3v) is 5.95. The van der Waals surface area contributed by atoms with Crippen LogP contribution in [-0.2, 0) is 9.59 Å². The van der Waals surface area contributed by atoms with Crippen molar-refractivity contribution < 1.29 is 18.4 Å². The highest BCUT2D eigenvalue weighted by atomic mass is 79.9. The number of Topliss-reactive ketones (excluding diaryl/α,β-unsaturated/α-hetero) is 1. The molecule has 3 nitrogen and oxygen atoms in total. The monoisotopic (exact) mass is 465 g/mol. The number of carbonyl (C=O) groups is 2. The van der Waals surface area contributed by atoms with Crippen molar-refractivity contribution in [3.05, 3.63) is 74.4 Å². The van der Waals surface area contributed by atoms with E-state index < -0.39 is 17.6 Å². The average molecular weight is 467 g/mol. The Hall–Kier alpha value is -2.05. The Morgan fingerprint density at radius 2 is 1.79 bits per heavy atom. The summed E-state index contributed by atoms with van der Waals surface area (Å²) >= 11 is 9.23. The van der Waals surface area contributed by atoms with E-state index in [9.17, 15) is 18.4 Å². The highest BCUT2D eigenvalue weighted by Gasteiger charge is 2.40. The van der Waals surface area contributed by atoms with E-state index in [1.165, 1.54) is 29.2 Å². The highest BCUT2D eigenvalue weighted by molar-refractivity contribution is 9.10. The zero-order valence-corrected chi connectivity index (χ0v) is 17.0. The van der Waals surface area contributed by atoms with Crippen LogP contribution in [0.15, 0.2) is 52.1 Å². The molecule has 7 heteroatoms. The third kappa shape index (κ3) is 3.29. The Bertz CT molecular complexity index is 1040. The molecular weight excluding hydrogens is 452 g/mol. The van der Waals surface area contributed by atoms with E-state index in [1.54, 1.807) is 12.1 Å². The quantitative estimate of drug-likeness (QED) is 0.552. The summed E-state index contributed by atoms with van der Waals surface area (Å²) in [5.74, 6) is -2.04. The number of rotatable bonds is 2. The highest BCUT2D eigenvalue weighted by Crippen LogP contribution is 2.44. The second kappa shape index (κ2) is 7.41. The van der Waals surface area contributed by atoms with Crippen LogP contribution in [0.4, 0.5) is 14.5 Å². The molecule has 4 rings (SSSR count). The van der Waals surface area contributed by atoms with Gasteiger partial charge in [-0.25, -0.2) is 8.78 Å². The molecular formula is C21H15BrClF2NO2. The van der Waals surface area contributed by atoms with Crippen molar-refractivity contribution in [2.75, 3.05) is 4.90 Å². The zero-order valence-electron chi connectivity index (χ0n) is 14.6. The molecule has 0 aromatic heterocycles. The third-order valence-electron chi connectivity index (χ3n) is 5.17. The maximum atomic E-state index is 14.5. The minimum absolute atomic E-state index is 0.0487. The van der Waals surface area contributed by atoms with Gasteiger partial charge in [-0.3, -0.25) is 14.5 Å². The van der Waals surface area contributed by atoms with Gasteiger partial charge in [0.25, 0.3) is 0 Å². The van der Waals surface area contributed by atoms with Gasteiger partial charge >= 0.3 is 0 Å². The number of allylic oxidation sites excluding steroid dienone is 2. The molecule has 2 aliphatic rings. The molecule has 1 atom stereocenters. The van der Waals surface area contributed by atoms with Gasteiger partial charge in [-0.2, -0.15) is 0 Å². The lowest BCUT2D eigenvalue weighted by Gasteiger charge is -2.38. The van der Waals surface area contributed by atoms with E-state index in [0.29, 0.717) is 46.3 Å². The molecule has 0 saturated carbocycles. The van der Waals surface area contributed by atoms with Gasteiger partial charge < -0.3 is 0 Å². The van der Waals surface area contributed by atoms with Crippen LogP contribution in [0.3, 0.4) is 0 Å². The molecule has 0 bridgehead atoms. The normalized spacial score (nSPS) is 19.9. The fraction of sp³-hybridized carbons (Fsp3) is 0.238. The Labute approximate surface area is 174 Å². The Morgan fingerprint density at radius 3 is 2.54 bits per heavy atom. The maximum absolute atomic E-state index is 14.5. The molecule has 0 fully saturated rings. The fourth-order valence-corrected chi connectivity index (χ4v) is 4.52. The van der Waals surface area contributed by atoms with Crippen molar-refractivity contribution in [1.82, 2.24) is 0 Å². The average Bonchev–Trinajstić information content (AvgIpc) is 2.66. The number of amides is 1. The molecule has 1 unspecified atom stereocenters. The summed E-state index contributed by atoms with van der Waals surface area (Å²) < 4.78 is 28.8. The number of carbonyl (C=O) groups excluding carboxylic acids is 2. The fourth-order valence-electron chi connectivity index (χ4n) is 3.96. The summed E-state index contributed by atoms with van der Waals surface area (Å²) in [6.45, 7) is 0. The second-order valence-corrected chi connectivity index (χ2v) is 8.21. The van der Waals surface area contributed by atoms with Gasteiger partial charge in [-0.05, 0) is 54.8 Å². The molecule has 28 heavy (non-hydrogen) atoms. The van der Waals surface area contributed by atoms with Crippen LogP contribution < -0.4 is 4.90 Å². The van der Waals surface area contributed by atoms with E-state index in [0.717, 1.165) is 0 Å². The van der Waals surface area contributed by atoms with Crippen molar-refractivity contribution in [2.45, 2.75) is 31.6 Å². The van der Waals surface area contributed by atoms with E-state index in [-0.39, 0.29) is 23.1 Å². The first kappa shape index (κ1) is 19.3. The molecule has 1 amide bonds. The molecule has 2 aromatic rings. The number of benzene rings is 2. The van der Waals surface area contributed by atoms with Gasteiger partial charge in [-0.15, -0.1) is 0 Å². The van der Waals surface area contributed by atoms with Crippen LogP contribution >= 0.6 is 27.5 Å². The number of hydrogen-bond acceptors (Lipinski definition) is 2. The van der Waals surface area contributed by atoms with E-state index in [4.69, 9.17) is 11.6 Å². The second-order valence-electron chi connectivity index (χ2n) is 6.89. The molecule has 0 spiro atoms. The Balaban J connectivity index is 1.89. The predicted octanol–water partition coefficient (Wildman–Crippen LogP) is 5.91. The van der Waals surface area contributed by atoms with Crippen LogP contribution in [0.1, 0.15) is 37.2 Å². The number of anilines is 1. The molecule has 0 radical (unpaired) electrons. The topological polar surface area (TPSA) is 37.4 Å². The molecule has 0 saturated heterocycles. The van der Waals surface area contributed by atoms with Gasteiger partial charge in [-0.1, -0.05) is 27.5 Å². The van der Waals surface area contributed by atoms with Crippen LogP contribution in [0.2, 0.25) is 5.02 Å².